The molecule has 0 spiro atoms. The Bertz CT molecular complexity index is 751. The molecule has 23 heavy (non-hydrogen) atoms. The molecule has 0 unspecified atom stereocenters. The quantitative estimate of drug-likeness (QED) is 0.799. The van der Waals surface area contributed by atoms with E-state index >= 15 is 0 Å². The molecule has 0 aromatic carbocycles. The number of nitrogens with zero attached hydrogens (tertiary/aromatic N) is 1. The fourth-order valence-electron chi connectivity index (χ4n) is 2.82. The van der Waals surface area contributed by atoms with Gasteiger partial charge in [-0.05, 0) is 48.8 Å². The van der Waals surface area contributed by atoms with Crippen LogP contribution in [0.1, 0.15) is 46.6 Å². The summed E-state index contributed by atoms with van der Waals surface area (Å²) in [6, 6.07) is 6.22. The fourth-order valence-corrected chi connectivity index (χ4v) is 4.68. The monoisotopic (exact) mass is 342 g/mol. The zero-order chi connectivity index (χ0) is 16.1. The van der Waals surface area contributed by atoms with Gasteiger partial charge in [0.2, 0.25) is 5.91 Å². The summed E-state index contributed by atoms with van der Waals surface area (Å²) in [5.74, 6) is -0.177. The van der Waals surface area contributed by atoms with Gasteiger partial charge in [0.05, 0.1) is 5.56 Å². The number of nitriles is 1. The molecule has 1 N–H and O–H groups in total. The first-order chi connectivity index (χ1) is 11.3. The van der Waals surface area contributed by atoms with Crippen LogP contribution < -0.4 is 5.32 Å². The van der Waals surface area contributed by atoms with E-state index in [0.717, 1.165) is 29.7 Å². The SMILES string of the molecule is N#Cc1c(NC(=O)/C=C\c2cccs2)sc2c1CCCCCC2. The Hall–Kier alpha value is -1.90. The topological polar surface area (TPSA) is 52.9 Å². The van der Waals surface area contributed by atoms with Crippen molar-refractivity contribution in [2.45, 2.75) is 38.5 Å². The molecular formula is C18H18N2OS2. The molecule has 0 fully saturated rings. The van der Waals surface area contributed by atoms with Crippen LogP contribution in [0, 0.1) is 11.3 Å². The maximum atomic E-state index is 12.1. The van der Waals surface area contributed by atoms with Crippen LogP contribution >= 0.6 is 22.7 Å². The molecule has 118 valence electrons. The minimum absolute atomic E-state index is 0.177. The number of aryl methyl sites for hydroxylation is 1. The molecule has 2 aromatic heterocycles. The van der Waals surface area contributed by atoms with Crippen LogP contribution in [0.4, 0.5) is 5.00 Å². The molecule has 1 aliphatic rings. The zero-order valence-electron chi connectivity index (χ0n) is 12.8. The number of thiophene rings is 2. The summed E-state index contributed by atoms with van der Waals surface area (Å²) in [5.41, 5.74) is 1.83. The summed E-state index contributed by atoms with van der Waals surface area (Å²) in [4.78, 5) is 14.4. The van der Waals surface area contributed by atoms with E-state index in [1.807, 2.05) is 17.5 Å². The van der Waals surface area contributed by atoms with Crippen LogP contribution in [0.2, 0.25) is 0 Å². The van der Waals surface area contributed by atoms with Gasteiger partial charge in [0, 0.05) is 15.8 Å². The maximum absolute atomic E-state index is 12.1. The zero-order valence-corrected chi connectivity index (χ0v) is 14.4. The van der Waals surface area contributed by atoms with Gasteiger partial charge < -0.3 is 5.32 Å². The summed E-state index contributed by atoms with van der Waals surface area (Å²) in [6.07, 6.45) is 10.1. The summed E-state index contributed by atoms with van der Waals surface area (Å²) in [7, 11) is 0. The predicted molar refractivity (Wildman–Crippen MR) is 96.9 cm³/mol. The number of nitrogens with one attached hydrogen (secondary N) is 1. The highest BCUT2D eigenvalue weighted by Gasteiger charge is 2.19. The average molecular weight is 342 g/mol. The van der Waals surface area contributed by atoms with E-state index in [2.05, 4.69) is 11.4 Å². The molecule has 0 radical (unpaired) electrons. The lowest BCUT2D eigenvalue weighted by Gasteiger charge is -2.08. The third kappa shape index (κ3) is 3.90. The van der Waals surface area contributed by atoms with Crippen molar-refractivity contribution >= 4 is 39.7 Å². The lowest BCUT2D eigenvalue weighted by molar-refractivity contribution is -0.111. The number of amides is 1. The molecule has 0 aliphatic heterocycles. The number of rotatable bonds is 3. The number of hydrogen-bond acceptors (Lipinski definition) is 4. The summed E-state index contributed by atoms with van der Waals surface area (Å²) < 4.78 is 0. The molecule has 2 heterocycles. The number of carbonyl (C=O) groups excluding carboxylic acids is 1. The van der Waals surface area contributed by atoms with Gasteiger partial charge in [-0.3, -0.25) is 4.79 Å². The Morgan fingerprint density at radius 3 is 2.83 bits per heavy atom. The van der Waals surface area contributed by atoms with Crippen LogP contribution in [0.25, 0.3) is 6.08 Å². The van der Waals surface area contributed by atoms with Crippen LogP contribution in [0.3, 0.4) is 0 Å². The largest absolute Gasteiger partial charge is 0.313 e. The fraction of sp³-hybridized carbons (Fsp3) is 0.333. The van der Waals surface area contributed by atoms with Crippen LogP contribution in [-0.4, -0.2) is 5.91 Å². The molecule has 0 atom stereocenters. The van der Waals surface area contributed by atoms with Crippen molar-refractivity contribution in [2.75, 3.05) is 5.32 Å². The molecule has 3 rings (SSSR count). The Balaban J connectivity index is 1.78. The summed E-state index contributed by atoms with van der Waals surface area (Å²) in [5, 5.41) is 15.1. The molecule has 3 nitrogen and oxygen atoms in total. The van der Waals surface area contributed by atoms with Gasteiger partial charge in [0.1, 0.15) is 11.1 Å². The second-order valence-corrected chi connectivity index (χ2v) is 7.66. The molecule has 0 saturated heterocycles. The van der Waals surface area contributed by atoms with E-state index in [-0.39, 0.29) is 5.91 Å². The average Bonchev–Trinajstić information content (AvgIpc) is 3.13. The van der Waals surface area contributed by atoms with Gasteiger partial charge >= 0.3 is 0 Å². The van der Waals surface area contributed by atoms with Crippen molar-refractivity contribution in [3.63, 3.8) is 0 Å². The van der Waals surface area contributed by atoms with Crippen molar-refractivity contribution in [1.29, 1.82) is 5.26 Å². The normalized spacial score (nSPS) is 14.7. The Morgan fingerprint density at radius 1 is 1.26 bits per heavy atom. The first-order valence-corrected chi connectivity index (χ1v) is 9.55. The first-order valence-electron chi connectivity index (χ1n) is 7.85. The Morgan fingerprint density at radius 2 is 2.09 bits per heavy atom. The molecule has 5 heteroatoms. The number of hydrogen-bond donors (Lipinski definition) is 1. The van der Waals surface area contributed by atoms with E-state index in [9.17, 15) is 10.1 Å². The smallest absolute Gasteiger partial charge is 0.249 e. The third-order valence-corrected chi connectivity index (χ3v) is 6.01. The second-order valence-electron chi connectivity index (χ2n) is 5.57. The van der Waals surface area contributed by atoms with E-state index in [4.69, 9.17) is 0 Å². The Labute approximate surface area is 144 Å². The van der Waals surface area contributed by atoms with Gasteiger partial charge in [-0.2, -0.15) is 5.26 Å². The summed E-state index contributed by atoms with van der Waals surface area (Å²) >= 11 is 3.16. The van der Waals surface area contributed by atoms with Gasteiger partial charge in [0.15, 0.2) is 0 Å². The van der Waals surface area contributed by atoms with Crippen molar-refractivity contribution in [3.05, 3.63) is 44.5 Å². The van der Waals surface area contributed by atoms with Crippen molar-refractivity contribution in [2.24, 2.45) is 0 Å². The summed E-state index contributed by atoms with van der Waals surface area (Å²) in [6.45, 7) is 0. The molecule has 0 bridgehead atoms. The predicted octanol–water partition coefficient (Wildman–Crippen LogP) is 4.99. The van der Waals surface area contributed by atoms with E-state index < -0.39 is 0 Å². The number of carbonyl (C=O) groups is 1. The molecular weight excluding hydrogens is 324 g/mol. The van der Waals surface area contributed by atoms with Gasteiger partial charge in [0.25, 0.3) is 0 Å². The molecule has 2 aromatic rings. The lowest BCUT2D eigenvalue weighted by atomic mass is 9.97. The molecule has 1 aliphatic carbocycles. The van der Waals surface area contributed by atoms with Crippen molar-refractivity contribution < 1.29 is 4.79 Å². The minimum atomic E-state index is -0.177. The standard InChI is InChI=1S/C18H18N2OS2/c19-12-15-14-7-3-1-2-4-8-16(14)23-18(15)20-17(21)10-9-13-6-5-11-22-13/h5-6,9-11H,1-4,7-8H2,(H,20,21)/b10-9-. The van der Waals surface area contributed by atoms with E-state index in [0.29, 0.717) is 10.6 Å². The van der Waals surface area contributed by atoms with E-state index in [1.54, 1.807) is 28.7 Å². The van der Waals surface area contributed by atoms with Gasteiger partial charge in [-0.15, -0.1) is 22.7 Å². The van der Waals surface area contributed by atoms with Gasteiger partial charge in [-0.1, -0.05) is 18.9 Å². The maximum Gasteiger partial charge on any atom is 0.249 e. The van der Waals surface area contributed by atoms with Gasteiger partial charge in [-0.25, -0.2) is 0 Å². The van der Waals surface area contributed by atoms with Crippen molar-refractivity contribution in [1.82, 2.24) is 0 Å². The Kier molecular flexibility index (Phi) is 5.27. The van der Waals surface area contributed by atoms with E-state index in [1.165, 1.54) is 30.2 Å². The number of anilines is 1. The third-order valence-electron chi connectivity index (χ3n) is 3.96. The molecule has 0 saturated carbocycles. The van der Waals surface area contributed by atoms with Crippen molar-refractivity contribution in [3.8, 4) is 6.07 Å². The highest BCUT2D eigenvalue weighted by Crippen LogP contribution is 2.36. The number of fused-ring (bicyclic) bond motifs is 1. The molecule has 1 amide bonds. The minimum Gasteiger partial charge on any atom is -0.313 e. The van der Waals surface area contributed by atoms with Crippen LogP contribution in [-0.2, 0) is 17.6 Å². The van der Waals surface area contributed by atoms with Crippen LogP contribution in [0.5, 0.6) is 0 Å². The second kappa shape index (κ2) is 7.58. The first kappa shape index (κ1) is 16.0. The lowest BCUT2D eigenvalue weighted by Crippen LogP contribution is -2.07. The highest BCUT2D eigenvalue weighted by atomic mass is 32.1. The van der Waals surface area contributed by atoms with Crippen LogP contribution in [0.15, 0.2) is 23.6 Å². The highest BCUT2D eigenvalue weighted by molar-refractivity contribution is 7.16.